The molecule has 0 atom stereocenters. The van der Waals surface area contributed by atoms with E-state index in [9.17, 15) is 0 Å². The van der Waals surface area contributed by atoms with Crippen LogP contribution >= 0.6 is 0 Å². The Balaban J connectivity index is 2.98. The maximum absolute atomic E-state index is 8.33. The van der Waals surface area contributed by atoms with Gasteiger partial charge in [0.05, 0.1) is 11.8 Å². The van der Waals surface area contributed by atoms with Gasteiger partial charge in [-0.2, -0.15) is 10.4 Å². The van der Waals surface area contributed by atoms with Gasteiger partial charge in [0.15, 0.2) is 0 Å². The summed E-state index contributed by atoms with van der Waals surface area (Å²) >= 11 is 0. The summed E-state index contributed by atoms with van der Waals surface area (Å²) in [6.07, 6.45) is 6.06. The highest BCUT2D eigenvalue weighted by molar-refractivity contribution is 5.53. The lowest BCUT2D eigenvalue weighted by atomic mass is 10.2. The van der Waals surface area contributed by atoms with Crippen LogP contribution in [0.25, 0.3) is 6.08 Å². The molecule has 62 valence electrons. The molecule has 3 nitrogen and oxygen atoms in total. The molecule has 0 radical (unpaired) electrons. The van der Waals surface area contributed by atoms with Crippen molar-refractivity contribution in [1.82, 2.24) is 9.78 Å². The molecule has 1 aromatic rings. The number of rotatable bonds is 2. The molecule has 0 spiro atoms. The largest absolute Gasteiger partial charge is 0.275 e. The normalized spacial score (nSPS) is 10.4. The molecule has 0 amide bonds. The standard InChI is InChI=1S/C9H11N3/c1-3-9-8(5-4-6-10)7-12(2)11-9/h4-5,7H,3H2,1-2H3/b5-4+. The third-order valence-corrected chi connectivity index (χ3v) is 1.61. The summed E-state index contributed by atoms with van der Waals surface area (Å²) in [6.45, 7) is 2.05. The van der Waals surface area contributed by atoms with Crippen molar-refractivity contribution < 1.29 is 0 Å². The van der Waals surface area contributed by atoms with E-state index in [2.05, 4.69) is 5.10 Å². The van der Waals surface area contributed by atoms with Gasteiger partial charge in [-0.15, -0.1) is 0 Å². The Hall–Kier alpha value is -1.56. The van der Waals surface area contributed by atoms with Gasteiger partial charge in [0.1, 0.15) is 0 Å². The van der Waals surface area contributed by atoms with E-state index in [1.165, 1.54) is 6.08 Å². The first-order valence-corrected chi connectivity index (χ1v) is 3.86. The van der Waals surface area contributed by atoms with Crippen molar-refractivity contribution in [2.24, 2.45) is 7.05 Å². The zero-order chi connectivity index (χ0) is 8.97. The third-order valence-electron chi connectivity index (χ3n) is 1.61. The molecule has 12 heavy (non-hydrogen) atoms. The van der Waals surface area contributed by atoms with Crippen LogP contribution in [-0.4, -0.2) is 9.78 Å². The van der Waals surface area contributed by atoms with E-state index < -0.39 is 0 Å². The first-order valence-electron chi connectivity index (χ1n) is 3.86. The summed E-state index contributed by atoms with van der Waals surface area (Å²) in [5, 5.41) is 12.6. The molecule has 0 aromatic carbocycles. The number of aryl methyl sites for hydroxylation is 2. The highest BCUT2D eigenvalue weighted by Gasteiger charge is 2.00. The number of allylic oxidation sites excluding steroid dienone is 1. The number of hydrogen-bond acceptors (Lipinski definition) is 2. The number of hydrogen-bond donors (Lipinski definition) is 0. The van der Waals surface area contributed by atoms with Crippen molar-refractivity contribution in [3.05, 3.63) is 23.5 Å². The zero-order valence-corrected chi connectivity index (χ0v) is 7.28. The van der Waals surface area contributed by atoms with E-state index in [1.807, 2.05) is 26.2 Å². The van der Waals surface area contributed by atoms with Crippen LogP contribution in [0.1, 0.15) is 18.2 Å². The number of aromatic nitrogens is 2. The Kier molecular flexibility index (Phi) is 2.65. The van der Waals surface area contributed by atoms with Crippen molar-refractivity contribution in [2.75, 3.05) is 0 Å². The maximum atomic E-state index is 8.33. The molecule has 1 rings (SSSR count). The minimum atomic E-state index is 0.895. The van der Waals surface area contributed by atoms with Gasteiger partial charge >= 0.3 is 0 Å². The summed E-state index contributed by atoms with van der Waals surface area (Å²) in [7, 11) is 1.88. The average molecular weight is 161 g/mol. The van der Waals surface area contributed by atoms with Crippen LogP contribution in [0.15, 0.2) is 12.3 Å². The molecular formula is C9H11N3. The quantitative estimate of drug-likeness (QED) is 0.617. The molecule has 0 N–H and O–H groups in total. The summed E-state index contributed by atoms with van der Waals surface area (Å²) < 4.78 is 1.76. The molecule has 0 bridgehead atoms. The minimum Gasteiger partial charge on any atom is -0.275 e. The predicted octanol–water partition coefficient (Wildman–Crippen LogP) is 1.52. The number of nitrogens with zero attached hydrogens (tertiary/aromatic N) is 3. The Labute approximate surface area is 71.9 Å². The monoisotopic (exact) mass is 161 g/mol. The molecule has 0 aliphatic rings. The summed E-state index contributed by atoms with van der Waals surface area (Å²) in [5.41, 5.74) is 2.06. The second-order valence-electron chi connectivity index (χ2n) is 2.52. The second-order valence-corrected chi connectivity index (χ2v) is 2.52. The summed E-state index contributed by atoms with van der Waals surface area (Å²) in [4.78, 5) is 0. The van der Waals surface area contributed by atoms with E-state index in [0.717, 1.165) is 17.7 Å². The van der Waals surface area contributed by atoms with Crippen LogP contribution in [0.4, 0.5) is 0 Å². The lowest BCUT2D eigenvalue weighted by Crippen LogP contribution is -1.88. The van der Waals surface area contributed by atoms with E-state index in [1.54, 1.807) is 10.8 Å². The fourth-order valence-electron chi connectivity index (χ4n) is 1.09. The van der Waals surface area contributed by atoms with E-state index in [4.69, 9.17) is 5.26 Å². The zero-order valence-electron chi connectivity index (χ0n) is 7.28. The smallest absolute Gasteiger partial charge is 0.0912 e. The van der Waals surface area contributed by atoms with Gasteiger partial charge in [-0.05, 0) is 12.5 Å². The Morgan fingerprint density at radius 2 is 2.50 bits per heavy atom. The van der Waals surface area contributed by atoms with Gasteiger partial charge in [0, 0.05) is 24.9 Å². The van der Waals surface area contributed by atoms with Crippen LogP contribution in [0.5, 0.6) is 0 Å². The van der Waals surface area contributed by atoms with Gasteiger partial charge in [0.2, 0.25) is 0 Å². The molecule has 3 heteroatoms. The molecule has 0 saturated heterocycles. The van der Waals surface area contributed by atoms with Crippen molar-refractivity contribution in [3.63, 3.8) is 0 Å². The Morgan fingerprint density at radius 1 is 1.75 bits per heavy atom. The topological polar surface area (TPSA) is 41.6 Å². The Morgan fingerprint density at radius 3 is 3.08 bits per heavy atom. The molecule has 1 heterocycles. The fraction of sp³-hybridized carbons (Fsp3) is 0.333. The fourth-order valence-corrected chi connectivity index (χ4v) is 1.09. The Bertz CT molecular complexity index is 328. The molecular weight excluding hydrogens is 150 g/mol. The van der Waals surface area contributed by atoms with Gasteiger partial charge < -0.3 is 0 Å². The first-order chi connectivity index (χ1) is 5.77. The van der Waals surface area contributed by atoms with Gasteiger partial charge in [0.25, 0.3) is 0 Å². The van der Waals surface area contributed by atoms with Crippen molar-refractivity contribution >= 4 is 6.08 Å². The van der Waals surface area contributed by atoms with Gasteiger partial charge in [-0.25, -0.2) is 0 Å². The lowest BCUT2D eigenvalue weighted by molar-refractivity contribution is 0.746. The lowest BCUT2D eigenvalue weighted by Gasteiger charge is -1.88. The summed E-state index contributed by atoms with van der Waals surface area (Å²) in [5.74, 6) is 0. The van der Waals surface area contributed by atoms with E-state index in [-0.39, 0.29) is 0 Å². The molecule has 0 unspecified atom stereocenters. The average Bonchev–Trinajstić information content (AvgIpc) is 2.42. The molecule has 0 aliphatic carbocycles. The predicted molar refractivity (Wildman–Crippen MR) is 47.2 cm³/mol. The third kappa shape index (κ3) is 1.73. The van der Waals surface area contributed by atoms with E-state index in [0.29, 0.717) is 0 Å². The van der Waals surface area contributed by atoms with Crippen molar-refractivity contribution in [1.29, 1.82) is 5.26 Å². The highest BCUT2D eigenvalue weighted by atomic mass is 15.2. The molecule has 0 fully saturated rings. The summed E-state index contributed by atoms with van der Waals surface area (Å²) in [6, 6.07) is 1.96. The van der Waals surface area contributed by atoms with Crippen LogP contribution in [0.3, 0.4) is 0 Å². The molecule has 0 aliphatic heterocycles. The van der Waals surface area contributed by atoms with E-state index >= 15 is 0 Å². The van der Waals surface area contributed by atoms with Crippen LogP contribution in [-0.2, 0) is 13.5 Å². The SMILES string of the molecule is CCc1nn(C)cc1/C=C/C#N. The first kappa shape index (κ1) is 8.54. The number of nitriles is 1. The van der Waals surface area contributed by atoms with Gasteiger partial charge in [-0.3, -0.25) is 4.68 Å². The van der Waals surface area contributed by atoms with Crippen LogP contribution < -0.4 is 0 Å². The van der Waals surface area contributed by atoms with Crippen molar-refractivity contribution in [2.45, 2.75) is 13.3 Å². The maximum Gasteiger partial charge on any atom is 0.0912 e. The minimum absolute atomic E-state index is 0.895. The van der Waals surface area contributed by atoms with Crippen LogP contribution in [0.2, 0.25) is 0 Å². The molecule has 1 aromatic heterocycles. The molecule has 0 saturated carbocycles. The van der Waals surface area contributed by atoms with Crippen molar-refractivity contribution in [3.8, 4) is 6.07 Å². The van der Waals surface area contributed by atoms with Gasteiger partial charge in [-0.1, -0.05) is 6.92 Å². The highest BCUT2D eigenvalue weighted by Crippen LogP contribution is 2.08. The van der Waals surface area contributed by atoms with Crippen LogP contribution in [0, 0.1) is 11.3 Å². The second kappa shape index (κ2) is 3.72.